The molecule has 0 spiro atoms. The Morgan fingerprint density at radius 3 is 2.67 bits per heavy atom. The van der Waals surface area contributed by atoms with Crippen molar-refractivity contribution in [3.8, 4) is 0 Å². The number of aromatic nitrogens is 1. The monoisotopic (exact) mass is 349 g/mol. The Morgan fingerprint density at radius 2 is 2.00 bits per heavy atom. The second kappa shape index (κ2) is 7.43. The molecule has 0 aliphatic heterocycles. The van der Waals surface area contributed by atoms with Crippen LogP contribution in [0.2, 0.25) is 0 Å². The Labute approximate surface area is 133 Å². The van der Waals surface area contributed by atoms with E-state index in [4.69, 9.17) is 0 Å². The molecule has 0 aliphatic rings. The van der Waals surface area contributed by atoms with E-state index in [9.17, 15) is 4.79 Å². The molecule has 1 atom stereocenters. The summed E-state index contributed by atoms with van der Waals surface area (Å²) in [6, 6.07) is 9.89. The fourth-order valence-corrected chi connectivity index (χ4v) is 2.40. The predicted octanol–water partition coefficient (Wildman–Crippen LogP) is 3.56. The van der Waals surface area contributed by atoms with E-state index in [2.05, 4.69) is 40.4 Å². The molecule has 1 aromatic carbocycles. The van der Waals surface area contributed by atoms with Gasteiger partial charge in [-0.3, -0.25) is 4.79 Å². The van der Waals surface area contributed by atoms with Gasteiger partial charge in [0.2, 0.25) is 5.91 Å². The third kappa shape index (κ3) is 4.72. The normalized spacial score (nSPS) is 12.1. The van der Waals surface area contributed by atoms with Crippen molar-refractivity contribution in [2.75, 3.05) is 11.9 Å². The second-order valence-corrected chi connectivity index (χ2v) is 5.87. The molecule has 1 amide bonds. The molecule has 1 heterocycles. The van der Waals surface area contributed by atoms with Crippen molar-refractivity contribution in [2.24, 2.45) is 0 Å². The van der Waals surface area contributed by atoms with Crippen molar-refractivity contribution in [1.82, 2.24) is 9.88 Å². The van der Waals surface area contributed by atoms with Crippen molar-refractivity contribution < 1.29 is 4.79 Å². The van der Waals surface area contributed by atoms with Crippen LogP contribution in [0.25, 0.3) is 0 Å². The van der Waals surface area contributed by atoms with Crippen LogP contribution < -0.4 is 10.6 Å². The van der Waals surface area contributed by atoms with Crippen molar-refractivity contribution >= 4 is 27.5 Å². The van der Waals surface area contributed by atoms with Crippen molar-refractivity contribution in [3.63, 3.8) is 0 Å². The number of anilines is 1. The van der Waals surface area contributed by atoms with E-state index >= 15 is 0 Å². The molecule has 0 saturated carbocycles. The molecule has 0 bridgehead atoms. The highest BCUT2D eigenvalue weighted by atomic mass is 79.9. The van der Waals surface area contributed by atoms with Gasteiger partial charge in [-0.2, -0.15) is 0 Å². The Bertz CT molecular complexity index is 592. The first-order valence-corrected chi connectivity index (χ1v) is 7.82. The van der Waals surface area contributed by atoms with Crippen LogP contribution in [0.5, 0.6) is 0 Å². The zero-order chi connectivity index (χ0) is 15.2. The number of halogens is 1. The lowest BCUT2D eigenvalue weighted by Gasteiger charge is -2.10. The average molecular weight is 350 g/mol. The summed E-state index contributed by atoms with van der Waals surface area (Å²) >= 11 is 3.37. The van der Waals surface area contributed by atoms with E-state index in [0.29, 0.717) is 12.6 Å². The molecule has 21 heavy (non-hydrogen) atoms. The number of nitrogens with zero attached hydrogens (tertiary/aromatic N) is 1. The van der Waals surface area contributed by atoms with E-state index in [1.807, 2.05) is 47.3 Å². The molecule has 1 unspecified atom stereocenters. The summed E-state index contributed by atoms with van der Waals surface area (Å²) < 4.78 is 2.89. The third-order valence-corrected chi connectivity index (χ3v) is 3.77. The smallest absolute Gasteiger partial charge is 0.244 e. The molecular weight excluding hydrogens is 330 g/mol. The van der Waals surface area contributed by atoms with E-state index in [1.165, 1.54) is 5.56 Å². The van der Waals surface area contributed by atoms with E-state index in [0.717, 1.165) is 16.7 Å². The lowest BCUT2D eigenvalue weighted by Crippen LogP contribution is -2.19. The molecule has 0 fully saturated rings. The molecule has 4 nitrogen and oxygen atoms in total. The number of nitrogens with one attached hydrogen (secondary N) is 2. The standard InChI is InChI=1S/C16H20BrN3O/c1-3-18-12(2)13-8-9-20(10-13)11-16(21)19-15-6-4-14(17)5-7-15/h4-10,12,18H,3,11H2,1-2H3,(H,19,21). The van der Waals surface area contributed by atoms with Gasteiger partial charge in [0.05, 0.1) is 0 Å². The lowest BCUT2D eigenvalue weighted by molar-refractivity contribution is -0.116. The molecule has 0 radical (unpaired) electrons. The van der Waals surface area contributed by atoms with Crippen molar-refractivity contribution in [1.29, 1.82) is 0 Å². The molecule has 2 rings (SSSR count). The zero-order valence-corrected chi connectivity index (χ0v) is 13.9. The first-order valence-electron chi connectivity index (χ1n) is 7.03. The highest BCUT2D eigenvalue weighted by Crippen LogP contribution is 2.15. The largest absolute Gasteiger partial charge is 0.345 e. The zero-order valence-electron chi connectivity index (χ0n) is 12.3. The number of hydrogen-bond acceptors (Lipinski definition) is 2. The van der Waals surface area contributed by atoms with Gasteiger partial charge in [0.1, 0.15) is 6.54 Å². The highest BCUT2D eigenvalue weighted by Gasteiger charge is 2.08. The Morgan fingerprint density at radius 1 is 1.29 bits per heavy atom. The molecule has 1 aromatic heterocycles. The van der Waals surface area contributed by atoms with Gasteiger partial charge >= 0.3 is 0 Å². The fourth-order valence-electron chi connectivity index (χ4n) is 2.14. The number of benzene rings is 1. The summed E-state index contributed by atoms with van der Waals surface area (Å²) in [6.45, 7) is 5.44. The number of carbonyl (C=O) groups excluding carboxylic acids is 1. The fraction of sp³-hybridized carbons (Fsp3) is 0.312. The third-order valence-electron chi connectivity index (χ3n) is 3.24. The Kier molecular flexibility index (Phi) is 5.59. The summed E-state index contributed by atoms with van der Waals surface area (Å²) in [5, 5.41) is 6.24. The van der Waals surface area contributed by atoms with Crippen molar-refractivity contribution in [3.05, 3.63) is 52.8 Å². The maximum Gasteiger partial charge on any atom is 0.244 e. The minimum absolute atomic E-state index is 0.0319. The van der Waals surface area contributed by atoms with Crippen LogP contribution in [0.4, 0.5) is 5.69 Å². The highest BCUT2D eigenvalue weighted by molar-refractivity contribution is 9.10. The van der Waals surface area contributed by atoms with E-state index in [-0.39, 0.29) is 5.91 Å². The quantitative estimate of drug-likeness (QED) is 0.837. The molecular formula is C16H20BrN3O. The van der Waals surface area contributed by atoms with Gasteiger partial charge in [-0.25, -0.2) is 0 Å². The average Bonchev–Trinajstić information content (AvgIpc) is 2.90. The van der Waals surface area contributed by atoms with Gasteiger partial charge in [0.25, 0.3) is 0 Å². The summed E-state index contributed by atoms with van der Waals surface area (Å²) in [4.78, 5) is 12.0. The van der Waals surface area contributed by atoms with Crippen LogP contribution in [-0.2, 0) is 11.3 Å². The van der Waals surface area contributed by atoms with Crippen LogP contribution >= 0.6 is 15.9 Å². The SMILES string of the molecule is CCNC(C)c1ccn(CC(=O)Nc2ccc(Br)cc2)c1. The molecule has 2 N–H and O–H groups in total. The second-order valence-electron chi connectivity index (χ2n) is 4.95. The first-order chi connectivity index (χ1) is 10.1. The van der Waals surface area contributed by atoms with Crippen LogP contribution in [0.1, 0.15) is 25.5 Å². The van der Waals surface area contributed by atoms with Gasteiger partial charge in [-0.15, -0.1) is 0 Å². The minimum Gasteiger partial charge on any atom is -0.345 e. The van der Waals surface area contributed by atoms with E-state index < -0.39 is 0 Å². The van der Waals surface area contributed by atoms with Crippen LogP contribution in [0, 0.1) is 0 Å². The first kappa shape index (κ1) is 15.8. The summed E-state index contributed by atoms with van der Waals surface area (Å²) in [5.74, 6) is -0.0319. The molecule has 5 heteroatoms. The number of rotatable bonds is 6. The van der Waals surface area contributed by atoms with Gasteiger partial charge < -0.3 is 15.2 Å². The number of carbonyl (C=O) groups is 1. The Balaban J connectivity index is 1.92. The summed E-state index contributed by atoms with van der Waals surface area (Å²) in [7, 11) is 0. The minimum atomic E-state index is -0.0319. The lowest BCUT2D eigenvalue weighted by atomic mass is 10.2. The molecule has 2 aromatic rings. The maximum atomic E-state index is 12.0. The number of hydrogen-bond donors (Lipinski definition) is 2. The molecule has 112 valence electrons. The van der Waals surface area contributed by atoms with Crippen LogP contribution in [0.3, 0.4) is 0 Å². The molecule has 0 aliphatic carbocycles. The number of amides is 1. The summed E-state index contributed by atoms with van der Waals surface area (Å²) in [5.41, 5.74) is 1.99. The van der Waals surface area contributed by atoms with Gasteiger partial charge in [-0.1, -0.05) is 22.9 Å². The van der Waals surface area contributed by atoms with Crippen molar-refractivity contribution in [2.45, 2.75) is 26.4 Å². The van der Waals surface area contributed by atoms with E-state index in [1.54, 1.807) is 0 Å². The maximum absolute atomic E-state index is 12.0. The van der Waals surface area contributed by atoms with Gasteiger partial charge in [-0.05, 0) is 49.4 Å². The predicted molar refractivity (Wildman–Crippen MR) is 89.3 cm³/mol. The Hall–Kier alpha value is -1.59. The van der Waals surface area contributed by atoms with Gasteiger partial charge in [0, 0.05) is 28.6 Å². The van der Waals surface area contributed by atoms with Crippen LogP contribution in [0.15, 0.2) is 47.2 Å². The molecule has 0 saturated heterocycles. The summed E-state index contributed by atoms with van der Waals surface area (Å²) in [6.07, 6.45) is 3.94. The van der Waals surface area contributed by atoms with Gasteiger partial charge in [0.15, 0.2) is 0 Å². The van der Waals surface area contributed by atoms with Crippen LogP contribution in [-0.4, -0.2) is 17.0 Å². The topological polar surface area (TPSA) is 46.1 Å².